The molecule has 0 aromatic rings. The summed E-state index contributed by atoms with van der Waals surface area (Å²) in [5.74, 6) is -1.09. The maximum atomic E-state index is 11.8. The number of hydrogen-bond acceptors (Lipinski definition) is 4. The smallest absolute Gasteiger partial charge is 0.275 e. The first-order chi connectivity index (χ1) is 12.0. The number of ketones is 1. The maximum Gasteiger partial charge on any atom is 0.275 e. The van der Waals surface area contributed by atoms with Crippen LogP contribution in [0.25, 0.3) is 0 Å². The Balaban J connectivity index is 1.66. The fraction of sp³-hybridized carbons (Fsp3) is 0.682. The Morgan fingerprint density at radius 2 is 1.96 bits per heavy atom. The van der Waals surface area contributed by atoms with Crippen LogP contribution in [0.2, 0.25) is 0 Å². The molecule has 0 saturated heterocycles. The zero-order chi connectivity index (χ0) is 18.9. The first kappa shape index (κ1) is 18.1. The zero-order valence-corrected chi connectivity index (χ0v) is 15.7. The highest BCUT2D eigenvalue weighted by atomic mass is 16.7. The molecule has 3 fully saturated rings. The van der Waals surface area contributed by atoms with Crippen molar-refractivity contribution in [2.75, 3.05) is 0 Å². The fourth-order valence-electron chi connectivity index (χ4n) is 6.90. The van der Waals surface area contributed by atoms with Gasteiger partial charge in [0.25, 0.3) is 5.97 Å². The van der Waals surface area contributed by atoms with Gasteiger partial charge in [0.1, 0.15) is 0 Å². The van der Waals surface area contributed by atoms with E-state index in [1.54, 1.807) is 6.08 Å². The third-order valence-corrected chi connectivity index (χ3v) is 8.24. The summed E-state index contributed by atoms with van der Waals surface area (Å²) in [5.41, 5.74) is 2.24. The van der Waals surface area contributed by atoms with E-state index in [0.29, 0.717) is 17.8 Å². The summed E-state index contributed by atoms with van der Waals surface area (Å²) in [6.45, 7) is 8.76. The molecule has 4 heteroatoms. The molecular weight excluding hydrogens is 328 g/mol. The summed E-state index contributed by atoms with van der Waals surface area (Å²) in [6.07, 6.45) is 10.6. The minimum absolute atomic E-state index is 0.0354. The molecule has 0 aliphatic heterocycles. The highest BCUT2D eigenvalue weighted by Gasteiger charge is 2.60. The van der Waals surface area contributed by atoms with Crippen LogP contribution in [0.3, 0.4) is 0 Å². The minimum atomic E-state index is -2.64. The van der Waals surface area contributed by atoms with Gasteiger partial charge in [-0.25, -0.2) is 0 Å². The largest absolute Gasteiger partial charge is 0.344 e. The van der Waals surface area contributed by atoms with Crippen molar-refractivity contribution in [2.24, 2.45) is 34.5 Å². The number of fused-ring (bicyclic) bond motifs is 5. The molecule has 142 valence electrons. The number of carbonyl (C=O) groups excluding carboxylic acids is 1. The van der Waals surface area contributed by atoms with Crippen molar-refractivity contribution in [2.45, 2.75) is 58.3 Å². The van der Waals surface area contributed by atoms with Gasteiger partial charge in [0.05, 0.1) is 0 Å². The molecule has 6 atom stereocenters. The van der Waals surface area contributed by atoms with Crippen LogP contribution in [-0.2, 0) is 4.79 Å². The van der Waals surface area contributed by atoms with Crippen LogP contribution in [0.1, 0.15) is 52.4 Å². The van der Waals surface area contributed by atoms with E-state index in [2.05, 4.69) is 26.5 Å². The van der Waals surface area contributed by atoms with Crippen LogP contribution in [0.5, 0.6) is 0 Å². The molecule has 4 rings (SSSR count). The molecule has 0 spiro atoms. The monoisotopic (exact) mass is 358 g/mol. The van der Waals surface area contributed by atoms with Crippen LogP contribution in [0.15, 0.2) is 36.0 Å². The van der Waals surface area contributed by atoms with Gasteiger partial charge >= 0.3 is 0 Å². The van der Waals surface area contributed by atoms with Gasteiger partial charge in [-0.1, -0.05) is 37.6 Å². The second kappa shape index (κ2) is 5.63. The van der Waals surface area contributed by atoms with Crippen molar-refractivity contribution in [3.63, 3.8) is 0 Å². The normalized spacial score (nSPS) is 45.0. The van der Waals surface area contributed by atoms with E-state index in [-0.39, 0.29) is 29.0 Å². The van der Waals surface area contributed by atoms with Gasteiger partial charge in [0, 0.05) is 11.8 Å². The summed E-state index contributed by atoms with van der Waals surface area (Å²) >= 11 is 0. The third kappa shape index (κ3) is 2.57. The Hall–Kier alpha value is -1.23. The van der Waals surface area contributed by atoms with Crippen LogP contribution < -0.4 is 0 Å². The van der Waals surface area contributed by atoms with Gasteiger partial charge in [0.2, 0.25) is 0 Å². The highest BCUT2D eigenvalue weighted by molar-refractivity contribution is 6.01. The molecule has 0 aromatic carbocycles. The van der Waals surface area contributed by atoms with E-state index in [1.165, 1.54) is 5.57 Å². The lowest BCUT2D eigenvalue weighted by Crippen LogP contribution is -2.50. The summed E-state index contributed by atoms with van der Waals surface area (Å²) in [6, 6.07) is 0. The maximum absolute atomic E-state index is 11.8. The van der Waals surface area contributed by atoms with Gasteiger partial charge in [-0.15, -0.1) is 0 Å². The van der Waals surface area contributed by atoms with Crippen LogP contribution >= 0.6 is 0 Å². The molecule has 0 radical (unpaired) electrons. The Bertz CT molecular complexity index is 712. The molecule has 0 amide bonds. The molecule has 0 unspecified atom stereocenters. The fourth-order valence-corrected chi connectivity index (χ4v) is 6.90. The van der Waals surface area contributed by atoms with Gasteiger partial charge in [0.15, 0.2) is 5.78 Å². The number of carbonyl (C=O) groups is 1. The van der Waals surface area contributed by atoms with E-state index in [4.69, 9.17) is 0 Å². The SMILES string of the molecule is C=C1C[C@H]2[C@@H]3CCC4=CC(=O)C=C[C@]4(C)[C@H]3CC[C@]2(C)[C@H]1CC(O)(O)O. The average Bonchev–Trinajstić information content (AvgIpc) is 2.78. The quantitative estimate of drug-likeness (QED) is 0.524. The molecule has 4 nitrogen and oxygen atoms in total. The van der Waals surface area contributed by atoms with Gasteiger partial charge in [-0.2, -0.15) is 0 Å². The number of hydrogen-bond donors (Lipinski definition) is 3. The molecular formula is C22H30O4. The van der Waals surface area contributed by atoms with E-state index < -0.39 is 5.97 Å². The molecule has 4 aliphatic carbocycles. The Morgan fingerprint density at radius 3 is 2.65 bits per heavy atom. The van der Waals surface area contributed by atoms with Crippen LogP contribution in [0.4, 0.5) is 0 Å². The molecule has 0 heterocycles. The summed E-state index contributed by atoms with van der Waals surface area (Å²) < 4.78 is 0. The highest BCUT2D eigenvalue weighted by Crippen LogP contribution is 2.67. The van der Waals surface area contributed by atoms with Crippen molar-refractivity contribution in [3.05, 3.63) is 36.0 Å². The predicted octanol–water partition coefficient (Wildman–Crippen LogP) is 3.10. The topological polar surface area (TPSA) is 77.8 Å². The predicted molar refractivity (Wildman–Crippen MR) is 98.6 cm³/mol. The lowest BCUT2D eigenvalue weighted by atomic mass is 9.47. The summed E-state index contributed by atoms with van der Waals surface area (Å²) in [4.78, 5) is 11.8. The number of allylic oxidation sites excluding steroid dienone is 5. The first-order valence-electron chi connectivity index (χ1n) is 9.84. The van der Waals surface area contributed by atoms with Crippen LogP contribution in [0, 0.1) is 34.5 Å². The van der Waals surface area contributed by atoms with Crippen molar-refractivity contribution in [1.29, 1.82) is 0 Å². The Morgan fingerprint density at radius 1 is 1.23 bits per heavy atom. The molecule has 3 N–H and O–H groups in total. The van der Waals surface area contributed by atoms with Crippen LogP contribution in [-0.4, -0.2) is 27.1 Å². The van der Waals surface area contributed by atoms with Gasteiger partial charge < -0.3 is 15.3 Å². The van der Waals surface area contributed by atoms with E-state index in [9.17, 15) is 20.1 Å². The summed E-state index contributed by atoms with van der Waals surface area (Å²) in [5, 5.41) is 28.7. The molecule has 0 aromatic heterocycles. The van der Waals surface area contributed by atoms with Crippen molar-refractivity contribution in [3.8, 4) is 0 Å². The van der Waals surface area contributed by atoms with Crippen molar-refractivity contribution >= 4 is 5.78 Å². The second-order valence-electron chi connectivity index (χ2n) is 9.54. The third-order valence-electron chi connectivity index (χ3n) is 8.24. The number of aliphatic hydroxyl groups is 3. The molecule has 26 heavy (non-hydrogen) atoms. The van der Waals surface area contributed by atoms with E-state index >= 15 is 0 Å². The summed E-state index contributed by atoms with van der Waals surface area (Å²) in [7, 11) is 0. The number of rotatable bonds is 2. The lowest BCUT2D eigenvalue weighted by Gasteiger charge is -2.57. The molecule has 3 saturated carbocycles. The first-order valence-corrected chi connectivity index (χ1v) is 9.84. The van der Waals surface area contributed by atoms with Gasteiger partial charge in [-0.05, 0) is 73.3 Å². The minimum Gasteiger partial charge on any atom is -0.344 e. The second-order valence-corrected chi connectivity index (χ2v) is 9.54. The van der Waals surface area contributed by atoms with Crippen molar-refractivity contribution < 1.29 is 20.1 Å². The van der Waals surface area contributed by atoms with E-state index in [1.807, 2.05) is 6.08 Å². The Kier molecular flexibility index (Phi) is 3.93. The lowest BCUT2D eigenvalue weighted by molar-refractivity contribution is -0.322. The molecule has 4 aliphatic rings. The van der Waals surface area contributed by atoms with Crippen molar-refractivity contribution in [1.82, 2.24) is 0 Å². The van der Waals surface area contributed by atoms with E-state index in [0.717, 1.165) is 37.7 Å². The molecule has 0 bridgehead atoms. The standard InChI is InChI=1S/C22H30O4/c1-13-10-18-16-5-4-14-11-15(23)6-8-20(14,2)17(16)7-9-21(18,3)19(13)12-22(24,25)26/h6,8,11,16-19,24-26H,1,4-5,7,9-10,12H2,2-3H3/t16-,17+,18+,19+,20+,21+/m1/s1. The Labute approximate surface area is 155 Å². The zero-order valence-electron chi connectivity index (χ0n) is 15.7. The average molecular weight is 358 g/mol. The van der Waals surface area contributed by atoms with Gasteiger partial charge in [-0.3, -0.25) is 4.79 Å².